The van der Waals surface area contributed by atoms with E-state index in [2.05, 4.69) is 22.1 Å². The molecule has 1 aliphatic heterocycles. The molecule has 2 aromatic carbocycles. The quantitative estimate of drug-likeness (QED) is 0.451. The van der Waals surface area contributed by atoms with Gasteiger partial charge in [-0.3, -0.25) is 9.69 Å². The number of nitrogens with zero attached hydrogens (tertiary/aromatic N) is 3. The number of hydrogen-bond acceptors (Lipinski definition) is 7. The average molecular weight is 413 g/mol. The molecule has 4 rings (SSSR count). The third-order valence-corrected chi connectivity index (χ3v) is 6.93. The largest absolute Gasteiger partial charge is 0.357 e. The summed E-state index contributed by atoms with van der Waals surface area (Å²) in [5, 5.41) is 12.0. The molecule has 0 radical (unpaired) electrons. The number of nitrogens with one attached hydrogen (secondary N) is 1. The first-order valence-electron chi connectivity index (χ1n) is 8.26. The highest BCUT2D eigenvalue weighted by molar-refractivity contribution is 8.01. The Morgan fingerprint density at radius 3 is 2.44 bits per heavy atom. The molecule has 1 N–H and O–H groups in total. The number of hydrogen-bond donors (Lipinski definition) is 1. The van der Waals surface area contributed by atoms with E-state index in [0.29, 0.717) is 12.3 Å². The fraction of sp³-hybridized carbons (Fsp3) is 0.105. The van der Waals surface area contributed by atoms with Crippen LogP contribution in [-0.4, -0.2) is 28.4 Å². The predicted molar refractivity (Wildman–Crippen MR) is 113 cm³/mol. The summed E-state index contributed by atoms with van der Waals surface area (Å²) < 4.78 is 0.767. The highest BCUT2D eigenvalue weighted by Crippen LogP contribution is 2.48. The molecule has 2 heterocycles. The Morgan fingerprint density at radius 1 is 1.11 bits per heavy atom. The van der Waals surface area contributed by atoms with Crippen LogP contribution in [-0.2, 0) is 4.79 Å². The first kappa shape index (κ1) is 18.1. The summed E-state index contributed by atoms with van der Waals surface area (Å²) >= 11 is 4.54. The van der Waals surface area contributed by atoms with Crippen LogP contribution in [0.4, 0.5) is 16.5 Å². The van der Waals surface area contributed by atoms with Crippen LogP contribution in [0.3, 0.4) is 0 Å². The number of amides is 1. The number of fused-ring (bicyclic) bond motifs is 2. The Balaban J connectivity index is 1.53. The van der Waals surface area contributed by atoms with Crippen molar-refractivity contribution in [2.75, 3.05) is 22.5 Å². The van der Waals surface area contributed by atoms with Gasteiger partial charge in [-0.25, -0.2) is 0 Å². The monoisotopic (exact) mass is 412 g/mol. The molecule has 0 unspecified atom stereocenters. The fourth-order valence-corrected chi connectivity index (χ4v) is 5.33. The van der Waals surface area contributed by atoms with Gasteiger partial charge in [0.2, 0.25) is 11.0 Å². The van der Waals surface area contributed by atoms with Gasteiger partial charge in [-0.2, -0.15) is 0 Å². The van der Waals surface area contributed by atoms with Gasteiger partial charge < -0.3 is 5.32 Å². The SMILES string of the molecule is C=CCNc1nnc(SCC(=O)N2c3ccccc3Sc3ccccc32)s1. The van der Waals surface area contributed by atoms with E-state index in [1.165, 1.54) is 23.1 Å². The van der Waals surface area contributed by atoms with Crippen molar-refractivity contribution in [2.24, 2.45) is 0 Å². The molecule has 0 spiro atoms. The first-order valence-corrected chi connectivity index (χ1v) is 10.9. The van der Waals surface area contributed by atoms with Gasteiger partial charge in [0.15, 0.2) is 4.34 Å². The minimum absolute atomic E-state index is 0.0241. The van der Waals surface area contributed by atoms with Crippen molar-refractivity contribution in [1.29, 1.82) is 0 Å². The van der Waals surface area contributed by atoms with Gasteiger partial charge in [0.25, 0.3) is 0 Å². The molecule has 0 aliphatic carbocycles. The number of carbonyl (C=O) groups excluding carboxylic acids is 1. The van der Waals surface area contributed by atoms with Crippen molar-refractivity contribution in [3.05, 3.63) is 61.2 Å². The Labute approximate surface area is 169 Å². The van der Waals surface area contributed by atoms with E-state index in [1.54, 1.807) is 17.8 Å². The first-order chi connectivity index (χ1) is 13.3. The van der Waals surface area contributed by atoms with Gasteiger partial charge in [0.1, 0.15) is 0 Å². The predicted octanol–water partition coefficient (Wildman–Crippen LogP) is 5.06. The van der Waals surface area contributed by atoms with E-state index in [0.717, 1.165) is 30.6 Å². The van der Waals surface area contributed by atoms with Crippen molar-refractivity contribution in [3.63, 3.8) is 0 Å². The molecular weight excluding hydrogens is 396 g/mol. The van der Waals surface area contributed by atoms with Crippen LogP contribution < -0.4 is 10.2 Å². The zero-order chi connectivity index (χ0) is 18.6. The number of aromatic nitrogens is 2. The molecule has 5 nitrogen and oxygen atoms in total. The van der Waals surface area contributed by atoms with Gasteiger partial charge in [-0.15, -0.1) is 16.8 Å². The Morgan fingerprint density at radius 2 is 1.78 bits per heavy atom. The molecule has 136 valence electrons. The molecule has 0 bridgehead atoms. The average Bonchev–Trinajstić information content (AvgIpc) is 3.16. The number of benzene rings is 2. The minimum Gasteiger partial charge on any atom is -0.357 e. The van der Waals surface area contributed by atoms with Crippen molar-refractivity contribution >= 4 is 57.3 Å². The second kappa shape index (κ2) is 8.16. The number of thioether (sulfide) groups is 1. The summed E-state index contributed by atoms with van der Waals surface area (Å²) in [6.45, 7) is 4.30. The second-order valence-electron chi connectivity index (χ2n) is 5.60. The zero-order valence-corrected chi connectivity index (χ0v) is 16.7. The zero-order valence-electron chi connectivity index (χ0n) is 14.3. The Kier molecular flexibility index (Phi) is 5.47. The Hall–Kier alpha value is -2.29. The summed E-state index contributed by atoms with van der Waals surface area (Å²) in [7, 11) is 0. The van der Waals surface area contributed by atoms with E-state index in [-0.39, 0.29) is 5.91 Å². The summed E-state index contributed by atoms with van der Waals surface area (Å²) in [5.41, 5.74) is 1.86. The third-order valence-electron chi connectivity index (χ3n) is 3.80. The molecule has 8 heteroatoms. The lowest BCUT2D eigenvalue weighted by molar-refractivity contribution is -0.115. The van der Waals surface area contributed by atoms with Gasteiger partial charge >= 0.3 is 0 Å². The third kappa shape index (κ3) is 3.87. The molecule has 0 atom stereocenters. The number of rotatable bonds is 6. The van der Waals surface area contributed by atoms with Crippen LogP contribution in [0.5, 0.6) is 0 Å². The summed E-state index contributed by atoms with van der Waals surface area (Å²) in [5.74, 6) is 0.319. The number of carbonyl (C=O) groups is 1. The van der Waals surface area contributed by atoms with Crippen molar-refractivity contribution in [3.8, 4) is 0 Å². The number of para-hydroxylation sites is 2. The lowest BCUT2D eigenvalue weighted by Crippen LogP contribution is -2.29. The summed E-state index contributed by atoms with van der Waals surface area (Å²) in [4.78, 5) is 17.1. The molecule has 27 heavy (non-hydrogen) atoms. The second-order valence-corrected chi connectivity index (χ2v) is 8.88. The molecule has 1 aliphatic rings. The molecule has 0 saturated heterocycles. The van der Waals surface area contributed by atoms with Crippen LogP contribution in [0.25, 0.3) is 0 Å². The fourth-order valence-electron chi connectivity index (χ4n) is 2.66. The maximum atomic E-state index is 13.1. The normalized spacial score (nSPS) is 12.2. The van der Waals surface area contributed by atoms with Crippen molar-refractivity contribution < 1.29 is 4.79 Å². The van der Waals surface area contributed by atoms with E-state index in [4.69, 9.17) is 0 Å². The molecule has 1 aromatic heterocycles. The van der Waals surface area contributed by atoms with E-state index < -0.39 is 0 Å². The van der Waals surface area contributed by atoms with Crippen LogP contribution >= 0.6 is 34.9 Å². The lowest BCUT2D eigenvalue weighted by atomic mass is 10.2. The highest BCUT2D eigenvalue weighted by atomic mass is 32.2. The molecule has 1 amide bonds. The minimum atomic E-state index is 0.0241. The maximum Gasteiger partial charge on any atom is 0.242 e. The standard InChI is InChI=1S/C19H16N4OS3/c1-2-11-20-18-21-22-19(27-18)25-12-17(24)23-13-7-3-5-9-15(13)26-16-10-6-4-8-14(16)23/h2-10H,1,11-12H2,(H,20,21). The van der Waals surface area contributed by atoms with Gasteiger partial charge in [-0.1, -0.05) is 65.2 Å². The molecule has 0 saturated carbocycles. The van der Waals surface area contributed by atoms with Gasteiger partial charge in [-0.05, 0) is 24.3 Å². The van der Waals surface area contributed by atoms with Crippen LogP contribution in [0, 0.1) is 0 Å². The molecular formula is C19H16N4OS3. The van der Waals surface area contributed by atoms with E-state index in [1.807, 2.05) is 53.4 Å². The van der Waals surface area contributed by atoms with Crippen molar-refractivity contribution in [2.45, 2.75) is 14.1 Å². The smallest absolute Gasteiger partial charge is 0.242 e. The van der Waals surface area contributed by atoms with Crippen LogP contribution in [0.2, 0.25) is 0 Å². The number of anilines is 3. The van der Waals surface area contributed by atoms with E-state index >= 15 is 0 Å². The maximum absolute atomic E-state index is 13.1. The summed E-state index contributed by atoms with van der Waals surface area (Å²) in [6, 6.07) is 16.0. The van der Waals surface area contributed by atoms with Gasteiger partial charge in [0, 0.05) is 16.3 Å². The summed E-state index contributed by atoms with van der Waals surface area (Å²) in [6.07, 6.45) is 1.76. The van der Waals surface area contributed by atoms with Crippen molar-refractivity contribution in [1.82, 2.24) is 10.2 Å². The lowest BCUT2D eigenvalue weighted by Gasteiger charge is -2.30. The van der Waals surface area contributed by atoms with Gasteiger partial charge in [0.05, 0.1) is 17.1 Å². The topological polar surface area (TPSA) is 58.1 Å². The molecule has 3 aromatic rings. The van der Waals surface area contributed by atoms with Crippen LogP contribution in [0.15, 0.2) is 75.3 Å². The molecule has 0 fully saturated rings. The Bertz CT molecular complexity index is 943. The highest BCUT2D eigenvalue weighted by Gasteiger charge is 2.27. The van der Waals surface area contributed by atoms with E-state index in [9.17, 15) is 4.79 Å². The van der Waals surface area contributed by atoms with Crippen LogP contribution in [0.1, 0.15) is 0 Å².